The van der Waals surface area contributed by atoms with Crippen LogP contribution in [0.25, 0.3) is 0 Å². The van der Waals surface area contributed by atoms with E-state index in [1.165, 1.54) is 22.7 Å². The van der Waals surface area contributed by atoms with Crippen molar-refractivity contribution in [3.8, 4) is 0 Å². The van der Waals surface area contributed by atoms with Gasteiger partial charge in [-0.1, -0.05) is 6.07 Å². The van der Waals surface area contributed by atoms with Gasteiger partial charge in [0.1, 0.15) is 0 Å². The Morgan fingerprint density at radius 2 is 2.11 bits per heavy atom. The molecule has 1 unspecified atom stereocenters. The second kappa shape index (κ2) is 5.50. The van der Waals surface area contributed by atoms with Crippen LogP contribution in [0.3, 0.4) is 0 Å². The van der Waals surface area contributed by atoms with Gasteiger partial charge in [0.05, 0.1) is 10.9 Å². The number of sulfonamides is 1. The lowest BCUT2D eigenvalue weighted by molar-refractivity contribution is 0.568. The maximum absolute atomic E-state index is 12.2. The molecule has 3 N–H and O–H groups in total. The second-order valence-electron chi connectivity index (χ2n) is 3.77. The van der Waals surface area contributed by atoms with Crippen LogP contribution in [0.2, 0.25) is 0 Å². The van der Waals surface area contributed by atoms with Crippen molar-refractivity contribution in [1.82, 2.24) is 4.72 Å². The molecule has 0 aromatic carbocycles. The van der Waals surface area contributed by atoms with Gasteiger partial charge in [0, 0.05) is 16.3 Å². The van der Waals surface area contributed by atoms with E-state index in [9.17, 15) is 8.42 Å². The first-order chi connectivity index (χ1) is 8.54. The van der Waals surface area contributed by atoms with Crippen LogP contribution < -0.4 is 10.5 Å². The van der Waals surface area contributed by atoms with Gasteiger partial charge in [0.25, 0.3) is 0 Å². The highest BCUT2D eigenvalue weighted by molar-refractivity contribution is 7.89. The lowest BCUT2D eigenvalue weighted by Crippen LogP contribution is -2.27. The van der Waals surface area contributed by atoms with Gasteiger partial charge in [0.2, 0.25) is 10.0 Å². The summed E-state index contributed by atoms with van der Waals surface area (Å²) < 4.78 is 27.1. The molecule has 0 aliphatic carbocycles. The molecular formula is C11H14N2O2S3. The Morgan fingerprint density at radius 3 is 2.72 bits per heavy atom. The van der Waals surface area contributed by atoms with Crippen molar-refractivity contribution >= 4 is 32.7 Å². The Bertz CT molecular complexity index is 602. The molecule has 1 atom stereocenters. The molecule has 7 heteroatoms. The van der Waals surface area contributed by atoms with Gasteiger partial charge in [-0.3, -0.25) is 0 Å². The summed E-state index contributed by atoms with van der Waals surface area (Å²) in [5.74, 6) is 0. The van der Waals surface area contributed by atoms with Crippen LogP contribution in [-0.2, 0) is 16.6 Å². The molecule has 0 saturated carbocycles. The third kappa shape index (κ3) is 2.81. The minimum atomic E-state index is -3.50. The van der Waals surface area contributed by atoms with E-state index in [0.717, 1.165) is 4.88 Å². The Morgan fingerprint density at radius 1 is 1.33 bits per heavy atom. The fourth-order valence-corrected chi connectivity index (χ4v) is 4.98. The highest BCUT2D eigenvalue weighted by Gasteiger charge is 2.22. The monoisotopic (exact) mass is 302 g/mol. The molecule has 0 radical (unpaired) electrons. The first-order valence-corrected chi connectivity index (χ1v) is 8.61. The molecule has 0 amide bonds. The smallest absolute Gasteiger partial charge is 0.242 e. The summed E-state index contributed by atoms with van der Waals surface area (Å²) in [6.45, 7) is 2.07. The zero-order chi connectivity index (χ0) is 13.2. The largest absolute Gasteiger partial charge is 0.326 e. The minimum absolute atomic E-state index is 0.236. The average molecular weight is 302 g/mol. The van der Waals surface area contributed by atoms with Crippen molar-refractivity contribution in [2.75, 3.05) is 0 Å². The van der Waals surface area contributed by atoms with Gasteiger partial charge in [-0.05, 0) is 29.8 Å². The first-order valence-electron chi connectivity index (χ1n) is 5.37. The van der Waals surface area contributed by atoms with Crippen LogP contribution in [-0.4, -0.2) is 8.42 Å². The standard InChI is InChI=1S/C11H14N2O2S3/c1-8(9-3-2-5-16-9)13-18(14,15)11-4-6-17-10(11)7-12/h2-6,8,13H,7,12H2,1H3. The molecule has 0 aliphatic heterocycles. The number of hydrogen-bond acceptors (Lipinski definition) is 5. The van der Waals surface area contributed by atoms with Gasteiger partial charge in [-0.2, -0.15) is 0 Å². The fraction of sp³-hybridized carbons (Fsp3) is 0.273. The average Bonchev–Trinajstić information content (AvgIpc) is 2.99. The van der Waals surface area contributed by atoms with Gasteiger partial charge in [0.15, 0.2) is 0 Å². The van der Waals surface area contributed by atoms with Crippen molar-refractivity contribution in [1.29, 1.82) is 0 Å². The summed E-state index contributed by atoms with van der Waals surface area (Å²) in [6.07, 6.45) is 0. The van der Waals surface area contributed by atoms with E-state index in [0.29, 0.717) is 9.77 Å². The van der Waals surface area contributed by atoms with E-state index in [4.69, 9.17) is 5.73 Å². The SMILES string of the molecule is CC(NS(=O)(=O)c1ccsc1CN)c1cccs1. The number of thiophene rings is 2. The van der Waals surface area contributed by atoms with Crippen molar-refractivity contribution in [2.45, 2.75) is 24.4 Å². The van der Waals surface area contributed by atoms with Gasteiger partial charge >= 0.3 is 0 Å². The number of nitrogens with two attached hydrogens (primary N) is 1. The summed E-state index contributed by atoms with van der Waals surface area (Å²) in [4.78, 5) is 1.96. The molecule has 2 rings (SSSR count). The molecule has 0 fully saturated rings. The zero-order valence-corrected chi connectivity index (χ0v) is 12.2. The number of rotatable bonds is 5. The summed E-state index contributed by atoms with van der Waals surface area (Å²) in [7, 11) is -3.50. The topological polar surface area (TPSA) is 72.2 Å². The highest BCUT2D eigenvalue weighted by atomic mass is 32.2. The van der Waals surface area contributed by atoms with Crippen LogP contribution in [0.1, 0.15) is 22.7 Å². The van der Waals surface area contributed by atoms with E-state index in [-0.39, 0.29) is 12.6 Å². The third-order valence-corrected chi connectivity index (χ3v) is 6.23. The van der Waals surface area contributed by atoms with Crippen LogP contribution >= 0.6 is 22.7 Å². The Balaban J connectivity index is 2.23. The summed E-state index contributed by atoms with van der Waals surface area (Å²) in [5.41, 5.74) is 5.54. The van der Waals surface area contributed by atoms with Crippen LogP contribution in [0, 0.1) is 0 Å². The molecule has 2 heterocycles. The quantitative estimate of drug-likeness (QED) is 0.890. The predicted molar refractivity (Wildman–Crippen MR) is 75.3 cm³/mol. The maximum Gasteiger partial charge on any atom is 0.242 e. The molecule has 2 aromatic heterocycles. The Kier molecular flexibility index (Phi) is 4.18. The molecule has 0 saturated heterocycles. The normalized spacial score (nSPS) is 13.7. The lowest BCUT2D eigenvalue weighted by atomic mass is 10.3. The van der Waals surface area contributed by atoms with Crippen molar-refractivity contribution < 1.29 is 8.42 Å². The number of hydrogen-bond donors (Lipinski definition) is 2. The van der Waals surface area contributed by atoms with Gasteiger partial charge in [-0.25, -0.2) is 13.1 Å². The van der Waals surface area contributed by atoms with Crippen molar-refractivity contribution in [3.05, 3.63) is 38.7 Å². The molecule has 2 aromatic rings. The van der Waals surface area contributed by atoms with E-state index in [1.54, 1.807) is 11.4 Å². The summed E-state index contributed by atoms with van der Waals surface area (Å²) in [5, 5.41) is 3.67. The van der Waals surface area contributed by atoms with E-state index in [1.807, 2.05) is 24.4 Å². The predicted octanol–water partition coefficient (Wildman–Crippen LogP) is 2.31. The van der Waals surface area contributed by atoms with Crippen molar-refractivity contribution in [3.63, 3.8) is 0 Å². The first kappa shape index (κ1) is 13.7. The van der Waals surface area contributed by atoms with Gasteiger partial charge < -0.3 is 5.73 Å². The fourth-order valence-electron chi connectivity index (χ4n) is 1.61. The molecule has 18 heavy (non-hydrogen) atoms. The zero-order valence-electron chi connectivity index (χ0n) is 9.79. The molecular weight excluding hydrogens is 288 g/mol. The van der Waals surface area contributed by atoms with Crippen LogP contribution in [0.15, 0.2) is 33.9 Å². The Labute approximate surface area is 115 Å². The molecule has 0 spiro atoms. The summed E-state index contributed by atoms with van der Waals surface area (Å²) in [6, 6.07) is 5.17. The minimum Gasteiger partial charge on any atom is -0.326 e. The highest BCUT2D eigenvalue weighted by Crippen LogP contribution is 2.25. The maximum atomic E-state index is 12.2. The summed E-state index contributed by atoms with van der Waals surface area (Å²) >= 11 is 2.89. The van der Waals surface area contributed by atoms with Crippen LogP contribution in [0.4, 0.5) is 0 Å². The van der Waals surface area contributed by atoms with Crippen molar-refractivity contribution in [2.24, 2.45) is 5.73 Å². The van der Waals surface area contributed by atoms with E-state index >= 15 is 0 Å². The lowest BCUT2D eigenvalue weighted by Gasteiger charge is -2.12. The second-order valence-corrected chi connectivity index (χ2v) is 7.43. The van der Waals surface area contributed by atoms with Crippen LogP contribution in [0.5, 0.6) is 0 Å². The molecule has 98 valence electrons. The Hall–Kier alpha value is -0.730. The molecule has 4 nitrogen and oxygen atoms in total. The molecule has 0 aliphatic rings. The van der Waals surface area contributed by atoms with Gasteiger partial charge in [-0.15, -0.1) is 22.7 Å². The number of nitrogens with one attached hydrogen (secondary N) is 1. The third-order valence-electron chi connectivity index (χ3n) is 2.48. The van der Waals surface area contributed by atoms with E-state index in [2.05, 4.69) is 4.72 Å². The molecule has 0 bridgehead atoms. The van der Waals surface area contributed by atoms with E-state index < -0.39 is 10.0 Å².